The quantitative estimate of drug-likeness (QED) is 0.378. The molecule has 1 saturated carbocycles. The summed E-state index contributed by atoms with van der Waals surface area (Å²) < 4.78 is 11.9. The van der Waals surface area contributed by atoms with E-state index >= 15 is 0 Å². The molecule has 0 unspecified atom stereocenters. The summed E-state index contributed by atoms with van der Waals surface area (Å²) in [5, 5.41) is 0. The number of unbranched alkanes of at least 4 members (excludes halogenated alkanes) is 3. The smallest absolute Gasteiger partial charge is 0.107 e. The molecule has 0 aromatic carbocycles. The lowest BCUT2D eigenvalue weighted by molar-refractivity contribution is -0.0637. The zero-order chi connectivity index (χ0) is 15.8. The van der Waals surface area contributed by atoms with Gasteiger partial charge in [-0.2, -0.15) is 0 Å². The third-order valence-electron chi connectivity index (χ3n) is 4.56. The minimum Gasteiger partial charge on any atom is -0.370 e. The number of rotatable bonds is 8. The van der Waals surface area contributed by atoms with Gasteiger partial charge in [-0.1, -0.05) is 56.6 Å². The molecule has 0 amide bonds. The molecule has 0 radical (unpaired) electrons. The van der Waals surface area contributed by atoms with Crippen molar-refractivity contribution in [3.63, 3.8) is 0 Å². The molecule has 2 aliphatic rings. The maximum Gasteiger partial charge on any atom is 0.107 e. The molecule has 0 bridgehead atoms. The standard InChI is InChI=1S/C20H28O2/c1-4-7-8-9-10-11-17-14-18-13-16(6-3)15-22-20(18)19(17)21-12-5-2/h2,6,10-11,13,17-20H,3-4,7-9,12,14-15H2,1H3/b11-10+/t17-,18+,19-,20+/m0/s1. The van der Waals surface area contributed by atoms with Gasteiger partial charge >= 0.3 is 0 Å². The summed E-state index contributed by atoms with van der Waals surface area (Å²) in [5.41, 5.74) is 1.18. The lowest BCUT2D eigenvalue weighted by Crippen LogP contribution is -2.35. The molecule has 0 spiro atoms. The zero-order valence-corrected chi connectivity index (χ0v) is 13.7. The fraction of sp³-hybridized carbons (Fsp3) is 0.600. The van der Waals surface area contributed by atoms with Gasteiger partial charge in [0.15, 0.2) is 0 Å². The second-order valence-electron chi connectivity index (χ2n) is 6.19. The van der Waals surface area contributed by atoms with E-state index in [1.54, 1.807) is 0 Å². The Bertz CT molecular complexity index is 455. The van der Waals surface area contributed by atoms with Crippen LogP contribution in [0.15, 0.2) is 36.5 Å². The summed E-state index contributed by atoms with van der Waals surface area (Å²) in [6.07, 6.45) is 20.4. The molecule has 4 atom stereocenters. The van der Waals surface area contributed by atoms with Crippen LogP contribution in [0, 0.1) is 24.2 Å². The van der Waals surface area contributed by atoms with Gasteiger partial charge in [-0.3, -0.25) is 0 Å². The fourth-order valence-electron chi connectivity index (χ4n) is 3.43. The van der Waals surface area contributed by atoms with Crippen LogP contribution in [0.3, 0.4) is 0 Å². The normalized spacial score (nSPS) is 30.8. The molecule has 22 heavy (non-hydrogen) atoms. The first-order valence-electron chi connectivity index (χ1n) is 8.46. The maximum atomic E-state index is 6.02. The van der Waals surface area contributed by atoms with Gasteiger partial charge in [-0.05, 0) is 24.8 Å². The molecule has 2 heteroatoms. The third-order valence-corrected chi connectivity index (χ3v) is 4.56. The predicted octanol–water partition coefficient (Wildman–Crippen LogP) is 4.29. The summed E-state index contributed by atoms with van der Waals surface area (Å²) in [4.78, 5) is 0. The molecule has 2 nitrogen and oxygen atoms in total. The van der Waals surface area contributed by atoms with E-state index in [9.17, 15) is 0 Å². The van der Waals surface area contributed by atoms with Crippen molar-refractivity contribution < 1.29 is 9.47 Å². The summed E-state index contributed by atoms with van der Waals surface area (Å²) >= 11 is 0. The van der Waals surface area contributed by atoms with Crippen LogP contribution in [0.25, 0.3) is 0 Å². The van der Waals surface area contributed by atoms with E-state index in [0.717, 1.165) is 12.8 Å². The first kappa shape index (κ1) is 17.1. The Morgan fingerprint density at radius 2 is 2.36 bits per heavy atom. The molecule has 2 rings (SSSR count). The van der Waals surface area contributed by atoms with E-state index in [-0.39, 0.29) is 12.2 Å². The monoisotopic (exact) mass is 300 g/mol. The maximum absolute atomic E-state index is 6.02. The number of hydrogen-bond donors (Lipinski definition) is 0. The van der Waals surface area contributed by atoms with Gasteiger partial charge in [0.1, 0.15) is 6.61 Å². The minimum atomic E-state index is 0.0751. The molecule has 1 aliphatic heterocycles. The largest absolute Gasteiger partial charge is 0.370 e. The molecule has 120 valence electrons. The second kappa shape index (κ2) is 8.98. The Morgan fingerprint density at radius 3 is 3.09 bits per heavy atom. The van der Waals surface area contributed by atoms with Crippen molar-refractivity contribution in [1.29, 1.82) is 0 Å². The topological polar surface area (TPSA) is 18.5 Å². The van der Waals surface area contributed by atoms with Gasteiger partial charge in [0, 0.05) is 11.8 Å². The van der Waals surface area contributed by atoms with E-state index in [1.165, 1.54) is 24.8 Å². The van der Waals surface area contributed by atoms with Crippen molar-refractivity contribution in [1.82, 2.24) is 0 Å². The first-order valence-corrected chi connectivity index (χ1v) is 8.46. The van der Waals surface area contributed by atoms with E-state index in [1.807, 2.05) is 6.08 Å². The van der Waals surface area contributed by atoms with E-state index in [4.69, 9.17) is 15.9 Å². The number of fused-ring (bicyclic) bond motifs is 1. The Kier molecular flexibility index (Phi) is 6.96. The van der Waals surface area contributed by atoms with Crippen molar-refractivity contribution in [2.24, 2.45) is 11.8 Å². The lowest BCUT2D eigenvalue weighted by Gasteiger charge is -2.28. The Labute approximate surface area is 135 Å². The molecular formula is C20H28O2. The molecule has 1 fully saturated rings. The van der Waals surface area contributed by atoms with Crippen molar-refractivity contribution in [2.75, 3.05) is 13.2 Å². The van der Waals surface area contributed by atoms with E-state index < -0.39 is 0 Å². The Balaban J connectivity index is 1.99. The molecule has 0 aromatic heterocycles. The van der Waals surface area contributed by atoms with Gasteiger partial charge in [0.25, 0.3) is 0 Å². The molecule has 1 aliphatic carbocycles. The van der Waals surface area contributed by atoms with Crippen molar-refractivity contribution >= 4 is 0 Å². The first-order chi connectivity index (χ1) is 10.8. The summed E-state index contributed by atoms with van der Waals surface area (Å²) in [7, 11) is 0. The molecule has 1 heterocycles. The van der Waals surface area contributed by atoms with Crippen LogP contribution in [-0.4, -0.2) is 25.4 Å². The average Bonchev–Trinajstić information content (AvgIpc) is 2.89. The average molecular weight is 300 g/mol. The van der Waals surface area contributed by atoms with Crippen LogP contribution in [-0.2, 0) is 9.47 Å². The summed E-state index contributed by atoms with van der Waals surface area (Å²) in [5.74, 6) is 3.39. The molecule has 0 saturated heterocycles. The van der Waals surface area contributed by atoms with Crippen LogP contribution in [0.1, 0.15) is 39.0 Å². The highest BCUT2D eigenvalue weighted by Crippen LogP contribution is 2.40. The lowest BCUT2D eigenvalue weighted by atomic mass is 9.98. The van der Waals surface area contributed by atoms with Gasteiger partial charge in [-0.25, -0.2) is 0 Å². The van der Waals surface area contributed by atoms with Crippen LogP contribution < -0.4 is 0 Å². The van der Waals surface area contributed by atoms with Gasteiger partial charge in [0.05, 0.1) is 18.8 Å². The van der Waals surface area contributed by atoms with Crippen LogP contribution in [0.4, 0.5) is 0 Å². The highest BCUT2D eigenvalue weighted by Gasteiger charge is 2.44. The van der Waals surface area contributed by atoms with Crippen molar-refractivity contribution in [2.45, 2.75) is 51.2 Å². The Hall–Kier alpha value is -1.30. The number of hydrogen-bond acceptors (Lipinski definition) is 2. The Morgan fingerprint density at radius 1 is 1.50 bits per heavy atom. The predicted molar refractivity (Wildman–Crippen MR) is 91.5 cm³/mol. The third kappa shape index (κ3) is 4.35. The van der Waals surface area contributed by atoms with E-state index in [2.05, 4.69) is 37.7 Å². The van der Waals surface area contributed by atoms with Gasteiger partial charge in [-0.15, -0.1) is 6.42 Å². The minimum absolute atomic E-state index is 0.0751. The fourth-order valence-corrected chi connectivity index (χ4v) is 3.43. The van der Waals surface area contributed by atoms with Crippen LogP contribution in [0.5, 0.6) is 0 Å². The van der Waals surface area contributed by atoms with E-state index in [0.29, 0.717) is 25.0 Å². The second-order valence-corrected chi connectivity index (χ2v) is 6.19. The number of ether oxygens (including phenoxy) is 2. The van der Waals surface area contributed by atoms with Gasteiger partial charge < -0.3 is 9.47 Å². The van der Waals surface area contributed by atoms with Crippen molar-refractivity contribution in [3.8, 4) is 12.3 Å². The summed E-state index contributed by atoms with van der Waals surface area (Å²) in [6, 6.07) is 0. The summed E-state index contributed by atoms with van der Waals surface area (Å²) in [6.45, 7) is 7.07. The highest BCUT2D eigenvalue weighted by atomic mass is 16.5. The number of terminal acetylenes is 1. The number of allylic oxidation sites excluding steroid dienone is 1. The molecule has 0 aromatic rings. The van der Waals surface area contributed by atoms with Gasteiger partial charge in [0.2, 0.25) is 0 Å². The van der Waals surface area contributed by atoms with Crippen LogP contribution in [0.2, 0.25) is 0 Å². The zero-order valence-electron chi connectivity index (χ0n) is 13.7. The van der Waals surface area contributed by atoms with Crippen molar-refractivity contribution in [3.05, 3.63) is 36.5 Å². The van der Waals surface area contributed by atoms with Crippen LogP contribution >= 0.6 is 0 Å². The highest BCUT2D eigenvalue weighted by molar-refractivity contribution is 5.23. The molecule has 0 N–H and O–H groups in total. The molecular weight excluding hydrogens is 272 g/mol. The SMILES string of the molecule is C#CCO[C@@H]1[C@@H]2OCC(C=C)=C[C@@H]2C[C@@H]1/C=C/CCCCC.